The summed E-state index contributed by atoms with van der Waals surface area (Å²) in [5.74, 6) is 1.87. The van der Waals surface area contributed by atoms with Gasteiger partial charge in [0.05, 0.1) is 25.7 Å². The van der Waals surface area contributed by atoms with Crippen molar-refractivity contribution in [2.45, 2.75) is 25.8 Å². The molecule has 1 fully saturated rings. The van der Waals surface area contributed by atoms with Crippen molar-refractivity contribution in [3.05, 3.63) is 54.1 Å². The quantitative estimate of drug-likeness (QED) is 0.791. The van der Waals surface area contributed by atoms with E-state index in [2.05, 4.69) is 74.4 Å². The number of piperidine rings is 1. The Kier molecular flexibility index (Phi) is 4.60. The first-order valence-electron chi connectivity index (χ1n) is 9.50. The lowest BCUT2D eigenvalue weighted by atomic mass is 10.0. The van der Waals surface area contributed by atoms with Crippen molar-refractivity contribution in [2.24, 2.45) is 0 Å². The third kappa shape index (κ3) is 3.29. The number of benzene rings is 2. The summed E-state index contributed by atoms with van der Waals surface area (Å²) in [6.45, 7) is 4.56. The van der Waals surface area contributed by atoms with Crippen LogP contribution in [0.25, 0.3) is 22.3 Å². The van der Waals surface area contributed by atoms with Crippen molar-refractivity contribution in [2.75, 3.05) is 32.1 Å². The first-order valence-corrected chi connectivity index (χ1v) is 9.50. The molecule has 1 aliphatic rings. The minimum atomic E-state index is 0.544. The van der Waals surface area contributed by atoms with Crippen LogP contribution in [0.2, 0.25) is 0 Å². The van der Waals surface area contributed by atoms with Gasteiger partial charge in [0.15, 0.2) is 5.82 Å². The number of rotatable bonds is 3. The van der Waals surface area contributed by atoms with Gasteiger partial charge in [-0.05, 0) is 25.1 Å². The molecule has 0 aliphatic carbocycles. The third-order valence-corrected chi connectivity index (χ3v) is 5.55. The summed E-state index contributed by atoms with van der Waals surface area (Å²) >= 11 is 0. The summed E-state index contributed by atoms with van der Waals surface area (Å²) < 4.78 is 0. The number of aryl methyl sites for hydroxylation is 1. The molecule has 0 radical (unpaired) electrons. The van der Waals surface area contributed by atoms with Gasteiger partial charge >= 0.3 is 0 Å². The number of fused-ring (bicyclic) bond motifs is 1. The fourth-order valence-corrected chi connectivity index (χ4v) is 3.90. The van der Waals surface area contributed by atoms with E-state index in [1.54, 1.807) is 4.90 Å². The van der Waals surface area contributed by atoms with Crippen LogP contribution in [0.3, 0.4) is 0 Å². The van der Waals surface area contributed by atoms with Crippen LogP contribution in [0.15, 0.2) is 48.5 Å². The van der Waals surface area contributed by atoms with E-state index in [4.69, 9.17) is 9.97 Å². The molecular weight excluding hydrogens is 320 g/mol. The van der Waals surface area contributed by atoms with Crippen molar-refractivity contribution in [3.63, 3.8) is 0 Å². The van der Waals surface area contributed by atoms with Crippen molar-refractivity contribution in [3.8, 4) is 11.4 Å². The highest BCUT2D eigenvalue weighted by Crippen LogP contribution is 2.29. The molecule has 0 unspecified atom stereocenters. The minimum absolute atomic E-state index is 0.544. The number of hydrogen-bond donors (Lipinski definition) is 1. The molecule has 4 heteroatoms. The van der Waals surface area contributed by atoms with E-state index in [1.807, 2.05) is 0 Å². The molecule has 26 heavy (non-hydrogen) atoms. The topological polar surface area (TPSA) is 33.5 Å². The summed E-state index contributed by atoms with van der Waals surface area (Å²) in [5, 5.41) is 1.14. The number of aromatic nitrogens is 2. The van der Waals surface area contributed by atoms with Gasteiger partial charge in [0, 0.05) is 36.9 Å². The van der Waals surface area contributed by atoms with Gasteiger partial charge < -0.3 is 9.80 Å². The number of nitrogens with zero attached hydrogens (tertiary/aromatic N) is 3. The third-order valence-electron chi connectivity index (χ3n) is 5.55. The number of nitrogens with one attached hydrogen (secondary N) is 1. The van der Waals surface area contributed by atoms with Gasteiger partial charge in [-0.15, -0.1) is 0 Å². The maximum Gasteiger partial charge on any atom is 0.162 e. The molecule has 0 bridgehead atoms. The van der Waals surface area contributed by atoms with Crippen LogP contribution in [-0.4, -0.2) is 43.2 Å². The first-order chi connectivity index (χ1) is 12.6. The first kappa shape index (κ1) is 17.0. The predicted molar refractivity (Wildman–Crippen MR) is 108 cm³/mol. The molecule has 0 atom stereocenters. The highest BCUT2D eigenvalue weighted by atomic mass is 15.2. The maximum atomic E-state index is 5.01. The van der Waals surface area contributed by atoms with Crippen molar-refractivity contribution in [1.82, 2.24) is 9.97 Å². The van der Waals surface area contributed by atoms with Gasteiger partial charge in [-0.25, -0.2) is 9.97 Å². The van der Waals surface area contributed by atoms with Gasteiger partial charge in [-0.1, -0.05) is 35.9 Å². The van der Waals surface area contributed by atoms with Crippen LogP contribution < -0.4 is 9.80 Å². The lowest BCUT2D eigenvalue weighted by molar-refractivity contribution is -0.884. The van der Waals surface area contributed by atoms with Crippen LogP contribution in [0.5, 0.6) is 0 Å². The maximum absolute atomic E-state index is 5.01. The average molecular weight is 347 g/mol. The zero-order chi connectivity index (χ0) is 18.1. The Morgan fingerprint density at radius 3 is 2.54 bits per heavy atom. The fraction of sp³-hybridized carbons (Fsp3) is 0.364. The number of hydrogen-bond acceptors (Lipinski definition) is 3. The molecule has 1 aromatic heterocycles. The smallest absolute Gasteiger partial charge is 0.162 e. The van der Waals surface area contributed by atoms with Crippen molar-refractivity contribution >= 4 is 16.7 Å². The molecule has 2 aromatic carbocycles. The van der Waals surface area contributed by atoms with Gasteiger partial charge in [0.1, 0.15) is 5.82 Å². The molecule has 1 N–H and O–H groups in total. The van der Waals surface area contributed by atoms with Gasteiger partial charge in [-0.2, -0.15) is 0 Å². The molecule has 4 nitrogen and oxygen atoms in total. The fourth-order valence-electron chi connectivity index (χ4n) is 3.90. The Labute approximate surface area is 155 Å². The second-order valence-corrected chi connectivity index (χ2v) is 7.56. The van der Waals surface area contributed by atoms with E-state index < -0.39 is 0 Å². The molecule has 1 aliphatic heterocycles. The van der Waals surface area contributed by atoms with E-state index in [0.29, 0.717) is 6.04 Å². The number of likely N-dealkylation sites (tertiary alicyclic amines) is 1. The number of anilines is 1. The number of quaternary nitrogens is 1. The normalized spacial score (nSPS) is 20.3. The summed E-state index contributed by atoms with van der Waals surface area (Å²) in [5.41, 5.74) is 3.32. The monoisotopic (exact) mass is 347 g/mol. The minimum Gasteiger partial charge on any atom is -0.356 e. The Morgan fingerprint density at radius 1 is 1.00 bits per heavy atom. The van der Waals surface area contributed by atoms with Gasteiger partial charge in [0.2, 0.25) is 0 Å². The Bertz CT molecular complexity index is 913. The average Bonchev–Trinajstić information content (AvgIpc) is 2.67. The highest BCUT2D eigenvalue weighted by Gasteiger charge is 2.25. The molecule has 0 saturated carbocycles. The largest absolute Gasteiger partial charge is 0.356 e. The van der Waals surface area contributed by atoms with Crippen LogP contribution in [0.1, 0.15) is 18.4 Å². The zero-order valence-electron chi connectivity index (χ0n) is 15.9. The Hall–Kier alpha value is -2.46. The van der Waals surface area contributed by atoms with Crippen molar-refractivity contribution < 1.29 is 4.90 Å². The van der Waals surface area contributed by atoms with E-state index in [1.165, 1.54) is 31.5 Å². The van der Waals surface area contributed by atoms with Gasteiger partial charge in [0.25, 0.3) is 0 Å². The molecule has 4 rings (SSSR count). The second kappa shape index (κ2) is 7.04. The standard InChI is InChI=1S/C22H26N4/c1-16-7-6-8-17(15-16)21-23-20-10-5-4-9-19(20)22(24-21)26(3)18-11-13-25(2)14-12-18/h4-10,15,18H,11-14H2,1-3H3/p+1. The van der Waals surface area contributed by atoms with Crippen LogP contribution in [0, 0.1) is 6.92 Å². The molecule has 2 heterocycles. The van der Waals surface area contributed by atoms with E-state index >= 15 is 0 Å². The van der Waals surface area contributed by atoms with Gasteiger partial charge in [-0.3, -0.25) is 0 Å². The number of para-hydroxylation sites is 1. The SMILES string of the molecule is Cc1cccc(-c2nc(N(C)C3CC[NH+](C)CC3)c3ccccc3n2)c1. The summed E-state index contributed by atoms with van der Waals surface area (Å²) in [7, 11) is 4.48. The molecule has 134 valence electrons. The molecule has 3 aromatic rings. The summed E-state index contributed by atoms with van der Waals surface area (Å²) in [6, 6.07) is 17.3. The lowest BCUT2D eigenvalue weighted by Crippen LogP contribution is -3.10. The summed E-state index contributed by atoms with van der Waals surface area (Å²) in [6.07, 6.45) is 2.42. The predicted octanol–water partition coefficient (Wildman–Crippen LogP) is 2.72. The van der Waals surface area contributed by atoms with E-state index in [9.17, 15) is 0 Å². The van der Waals surface area contributed by atoms with Crippen LogP contribution >= 0.6 is 0 Å². The molecule has 1 saturated heterocycles. The molecule has 0 amide bonds. The molecular formula is C22H27N4+. The van der Waals surface area contributed by atoms with Crippen LogP contribution in [-0.2, 0) is 0 Å². The zero-order valence-corrected chi connectivity index (χ0v) is 15.9. The van der Waals surface area contributed by atoms with E-state index in [0.717, 1.165) is 28.1 Å². The second-order valence-electron chi connectivity index (χ2n) is 7.56. The Balaban J connectivity index is 1.79. The van der Waals surface area contributed by atoms with Crippen LogP contribution in [0.4, 0.5) is 5.82 Å². The lowest BCUT2D eigenvalue weighted by Gasteiger charge is -2.34. The van der Waals surface area contributed by atoms with E-state index in [-0.39, 0.29) is 0 Å². The van der Waals surface area contributed by atoms with Crippen molar-refractivity contribution in [1.29, 1.82) is 0 Å². The highest BCUT2D eigenvalue weighted by molar-refractivity contribution is 5.91. The Morgan fingerprint density at radius 2 is 1.77 bits per heavy atom. The summed E-state index contributed by atoms with van der Waals surface area (Å²) in [4.78, 5) is 13.9. The molecule has 0 spiro atoms.